The van der Waals surface area contributed by atoms with Gasteiger partial charge in [0.05, 0.1) is 28.1 Å². The number of ether oxygens (including phenoxy) is 1. The number of alkyl halides is 2. The number of aromatic nitrogens is 1. The number of rotatable bonds is 6. The Bertz CT molecular complexity index is 1070. The minimum absolute atomic E-state index is 0.00802. The van der Waals surface area contributed by atoms with Crippen molar-refractivity contribution in [3.05, 3.63) is 46.2 Å². The summed E-state index contributed by atoms with van der Waals surface area (Å²) in [7, 11) is 1.28. The molecular formula is C18H14F3NO4S2. The first-order valence-electron chi connectivity index (χ1n) is 7.92. The molecule has 0 unspecified atom stereocenters. The molecule has 2 heterocycles. The molecule has 0 aliphatic rings. The Morgan fingerprint density at radius 2 is 2.00 bits per heavy atom. The fraction of sp³-hybridized carbons (Fsp3) is 0.222. The molecule has 3 rings (SSSR count). The number of carbonyl (C=O) groups excluding carboxylic acids is 1. The van der Waals surface area contributed by atoms with Crippen LogP contribution in [0.15, 0.2) is 28.5 Å². The van der Waals surface area contributed by atoms with E-state index in [1.807, 2.05) is 0 Å². The molecule has 28 heavy (non-hydrogen) atoms. The van der Waals surface area contributed by atoms with E-state index in [0.29, 0.717) is 11.8 Å². The summed E-state index contributed by atoms with van der Waals surface area (Å²) in [6, 6.07) is 5.64. The molecule has 0 amide bonds. The minimum Gasteiger partial charge on any atom is -0.494 e. The molecule has 0 radical (unpaired) electrons. The van der Waals surface area contributed by atoms with Gasteiger partial charge in [-0.1, -0.05) is 0 Å². The van der Waals surface area contributed by atoms with Crippen LogP contribution >= 0.6 is 23.1 Å². The van der Waals surface area contributed by atoms with E-state index in [-0.39, 0.29) is 37.0 Å². The van der Waals surface area contributed by atoms with Crippen molar-refractivity contribution >= 4 is 45.9 Å². The molecule has 10 heteroatoms. The third kappa shape index (κ3) is 3.61. The molecule has 0 bridgehead atoms. The van der Waals surface area contributed by atoms with Crippen LogP contribution in [0.2, 0.25) is 0 Å². The van der Waals surface area contributed by atoms with Gasteiger partial charge in [-0.25, -0.2) is 4.39 Å². The normalized spacial score (nSPS) is 11.4. The maximum atomic E-state index is 14.9. The Morgan fingerprint density at radius 3 is 2.61 bits per heavy atom. The lowest BCUT2D eigenvalue weighted by Gasteiger charge is -2.06. The molecule has 0 atom stereocenters. The number of carbonyl (C=O) groups is 2. The van der Waals surface area contributed by atoms with E-state index in [2.05, 4.69) is 0 Å². The Balaban J connectivity index is 2.19. The van der Waals surface area contributed by atoms with Crippen molar-refractivity contribution in [2.24, 2.45) is 0 Å². The van der Waals surface area contributed by atoms with E-state index >= 15 is 0 Å². The van der Waals surface area contributed by atoms with Gasteiger partial charge in [0.15, 0.2) is 11.6 Å². The highest BCUT2D eigenvalue weighted by Crippen LogP contribution is 2.36. The summed E-state index contributed by atoms with van der Waals surface area (Å²) in [4.78, 5) is 24.5. The lowest BCUT2D eigenvalue weighted by Crippen LogP contribution is -2.12. The second-order valence-corrected chi connectivity index (χ2v) is 8.12. The molecule has 0 spiro atoms. The van der Waals surface area contributed by atoms with Crippen LogP contribution in [-0.2, 0) is 11.2 Å². The highest BCUT2D eigenvalue weighted by molar-refractivity contribution is 8.01. The van der Waals surface area contributed by atoms with E-state index in [1.54, 1.807) is 0 Å². The molecule has 0 aliphatic heterocycles. The van der Waals surface area contributed by atoms with Gasteiger partial charge in [-0.3, -0.25) is 14.2 Å². The smallest absolute Gasteiger partial charge is 0.307 e. The van der Waals surface area contributed by atoms with Crippen molar-refractivity contribution in [2.45, 2.75) is 23.3 Å². The second kappa shape index (κ2) is 7.88. The summed E-state index contributed by atoms with van der Waals surface area (Å²) in [6.45, 7) is 1.52. The van der Waals surface area contributed by atoms with Crippen LogP contribution < -0.4 is 4.74 Å². The van der Waals surface area contributed by atoms with Gasteiger partial charge >= 0.3 is 5.97 Å². The number of nitrogens with zero attached hydrogens (tertiary/aromatic N) is 1. The molecule has 0 saturated carbocycles. The standard InChI is InChI=1S/C18H14F3NO4S2/c1-8-9(7-13(23)24)15-10(3-4-11(26-2)16(15)19)22(8)17(25)12-5-6-14(27-12)28-18(20)21/h3-6,18H,7H2,1-2H3,(H,23,24). The number of hydrogen-bond donors (Lipinski definition) is 1. The van der Waals surface area contributed by atoms with Crippen molar-refractivity contribution in [3.63, 3.8) is 0 Å². The van der Waals surface area contributed by atoms with Gasteiger partial charge in [0.1, 0.15) is 0 Å². The van der Waals surface area contributed by atoms with Crippen molar-refractivity contribution in [1.82, 2.24) is 4.57 Å². The maximum Gasteiger partial charge on any atom is 0.307 e. The highest BCUT2D eigenvalue weighted by Gasteiger charge is 2.26. The van der Waals surface area contributed by atoms with Crippen LogP contribution in [-0.4, -0.2) is 34.4 Å². The van der Waals surface area contributed by atoms with Gasteiger partial charge in [0.2, 0.25) is 0 Å². The minimum atomic E-state index is -2.61. The van der Waals surface area contributed by atoms with Gasteiger partial charge in [-0.05, 0) is 48.5 Å². The largest absolute Gasteiger partial charge is 0.494 e. The molecule has 148 valence electrons. The van der Waals surface area contributed by atoms with Crippen LogP contribution in [0.1, 0.15) is 20.9 Å². The quantitative estimate of drug-likeness (QED) is 0.571. The molecule has 2 aromatic heterocycles. The predicted octanol–water partition coefficient (Wildman–Crippen LogP) is 4.79. The summed E-state index contributed by atoms with van der Waals surface area (Å²) < 4.78 is 46.4. The van der Waals surface area contributed by atoms with E-state index in [0.717, 1.165) is 11.3 Å². The van der Waals surface area contributed by atoms with Crippen molar-refractivity contribution in [2.75, 3.05) is 7.11 Å². The number of aliphatic carboxylic acids is 1. The van der Waals surface area contributed by atoms with Gasteiger partial charge < -0.3 is 9.84 Å². The first-order chi connectivity index (χ1) is 13.2. The SMILES string of the molecule is COc1ccc2c(c1F)c(CC(=O)O)c(C)n2C(=O)c1ccc(SC(F)F)s1. The molecule has 0 fully saturated rings. The average molecular weight is 429 g/mol. The average Bonchev–Trinajstić information content (AvgIpc) is 3.18. The van der Waals surface area contributed by atoms with Gasteiger partial charge in [0.25, 0.3) is 11.7 Å². The Morgan fingerprint density at radius 1 is 1.29 bits per heavy atom. The molecule has 5 nitrogen and oxygen atoms in total. The topological polar surface area (TPSA) is 68.5 Å². The van der Waals surface area contributed by atoms with Crippen LogP contribution in [0.4, 0.5) is 13.2 Å². The van der Waals surface area contributed by atoms with Gasteiger partial charge in [-0.15, -0.1) is 11.3 Å². The Kier molecular flexibility index (Phi) is 5.71. The summed E-state index contributed by atoms with van der Waals surface area (Å²) >= 11 is 1.22. The zero-order valence-electron chi connectivity index (χ0n) is 14.7. The monoisotopic (exact) mass is 429 g/mol. The molecule has 3 aromatic rings. The molecular weight excluding hydrogens is 415 g/mol. The fourth-order valence-electron chi connectivity index (χ4n) is 3.00. The lowest BCUT2D eigenvalue weighted by atomic mass is 10.1. The first-order valence-corrected chi connectivity index (χ1v) is 9.61. The molecule has 1 aromatic carbocycles. The number of methoxy groups -OCH3 is 1. The van der Waals surface area contributed by atoms with Crippen LogP contribution in [0.5, 0.6) is 5.75 Å². The van der Waals surface area contributed by atoms with E-state index in [9.17, 15) is 27.9 Å². The Hall–Kier alpha value is -2.46. The zero-order chi connectivity index (χ0) is 20.6. The van der Waals surface area contributed by atoms with Gasteiger partial charge in [-0.2, -0.15) is 8.78 Å². The number of thiophene rings is 1. The summed E-state index contributed by atoms with van der Waals surface area (Å²) in [5.41, 5.74) is 0.616. The van der Waals surface area contributed by atoms with Crippen LogP contribution in [0, 0.1) is 12.7 Å². The summed E-state index contributed by atoms with van der Waals surface area (Å²) in [5.74, 6) is -5.17. The number of halogens is 3. The first kappa shape index (κ1) is 20.3. The van der Waals surface area contributed by atoms with E-state index in [1.165, 1.54) is 42.9 Å². The fourth-order valence-corrected chi connectivity index (χ4v) is 4.67. The molecule has 1 N–H and O–H groups in total. The number of carboxylic acid groups (broad SMARTS) is 1. The van der Waals surface area contributed by atoms with E-state index in [4.69, 9.17) is 4.74 Å². The number of hydrogen-bond acceptors (Lipinski definition) is 5. The van der Waals surface area contributed by atoms with Crippen molar-refractivity contribution in [1.29, 1.82) is 0 Å². The third-order valence-corrected chi connectivity index (χ3v) is 6.10. The lowest BCUT2D eigenvalue weighted by molar-refractivity contribution is -0.136. The van der Waals surface area contributed by atoms with Crippen LogP contribution in [0.3, 0.4) is 0 Å². The number of thioether (sulfide) groups is 1. The zero-order valence-corrected chi connectivity index (χ0v) is 16.3. The summed E-state index contributed by atoms with van der Waals surface area (Å²) in [5, 5.41) is 9.19. The summed E-state index contributed by atoms with van der Waals surface area (Å²) in [6.07, 6.45) is -0.483. The number of carboxylic acids is 1. The second-order valence-electron chi connectivity index (χ2n) is 5.75. The number of fused-ring (bicyclic) bond motifs is 1. The Labute approximate surface area is 165 Å². The maximum absolute atomic E-state index is 14.9. The van der Waals surface area contributed by atoms with Gasteiger partial charge in [0, 0.05) is 11.1 Å². The predicted molar refractivity (Wildman–Crippen MR) is 100 cm³/mol. The highest BCUT2D eigenvalue weighted by atomic mass is 32.2. The third-order valence-electron chi connectivity index (χ3n) is 4.15. The molecule has 0 saturated heterocycles. The van der Waals surface area contributed by atoms with Crippen molar-refractivity contribution in [3.8, 4) is 5.75 Å². The van der Waals surface area contributed by atoms with E-state index < -0.39 is 29.9 Å². The van der Waals surface area contributed by atoms with Crippen LogP contribution in [0.25, 0.3) is 10.9 Å². The number of benzene rings is 1. The van der Waals surface area contributed by atoms with Crippen molar-refractivity contribution < 1.29 is 32.6 Å². The molecule has 0 aliphatic carbocycles.